The van der Waals surface area contributed by atoms with Gasteiger partial charge in [0.25, 0.3) is 0 Å². The minimum atomic E-state index is 0. The van der Waals surface area contributed by atoms with Crippen LogP contribution in [0.15, 0.2) is 24.3 Å². The zero-order chi connectivity index (χ0) is 13.0. The van der Waals surface area contributed by atoms with E-state index >= 15 is 0 Å². The van der Waals surface area contributed by atoms with Crippen LogP contribution in [0.5, 0.6) is 0 Å². The Morgan fingerprint density at radius 3 is 2.68 bits per heavy atom. The van der Waals surface area contributed by atoms with Crippen molar-refractivity contribution in [3.8, 4) is 0 Å². The first-order valence-electron chi connectivity index (χ1n) is 6.82. The summed E-state index contributed by atoms with van der Waals surface area (Å²) in [6.07, 6.45) is 4.09. The van der Waals surface area contributed by atoms with E-state index in [1.807, 2.05) is 4.90 Å². The van der Waals surface area contributed by atoms with E-state index in [0.29, 0.717) is 6.04 Å². The first-order valence-corrected chi connectivity index (χ1v) is 6.82. The minimum absolute atomic E-state index is 0. The normalized spacial score (nSPS) is 17.3. The van der Waals surface area contributed by atoms with Crippen LogP contribution in [0.2, 0.25) is 0 Å². The molecule has 1 amide bonds. The van der Waals surface area contributed by atoms with Gasteiger partial charge in [-0.1, -0.05) is 31.2 Å². The van der Waals surface area contributed by atoms with Gasteiger partial charge in [0.15, 0.2) is 0 Å². The summed E-state index contributed by atoms with van der Waals surface area (Å²) in [5.74, 6) is 0.0845. The number of hydrogen-bond acceptors (Lipinski definition) is 2. The Morgan fingerprint density at radius 1 is 1.37 bits per heavy atom. The summed E-state index contributed by atoms with van der Waals surface area (Å²) >= 11 is 0. The number of carbonyl (C=O) groups excluding carboxylic acids is 1. The predicted octanol–water partition coefficient (Wildman–Crippen LogP) is 2.16. The standard InChI is InChI=1S/C15H22N2O.ClH/c1-2-9-17(15(18)11-16)14-8-7-12-5-3-4-6-13(12)10-14;/h3-6,14H,2,7-11,16H2,1H3;1H. The molecule has 0 aromatic heterocycles. The van der Waals surface area contributed by atoms with Crippen LogP contribution in [0.1, 0.15) is 30.9 Å². The molecule has 0 bridgehead atoms. The lowest BCUT2D eigenvalue weighted by Crippen LogP contribution is -2.46. The van der Waals surface area contributed by atoms with Gasteiger partial charge in [-0.05, 0) is 36.8 Å². The van der Waals surface area contributed by atoms with Crippen molar-refractivity contribution in [1.29, 1.82) is 0 Å². The fourth-order valence-electron chi connectivity index (χ4n) is 2.81. The Bertz CT molecular complexity index is 422. The van der Waals surface area contributed by atoms with Crippen LogP contribution < -0.4 is 5.73 Å². The molecular weight excluding hydrogens is 260 g/mol. The molecule has 4 heteroatoms. The zero-order valence-electron chi connectivity index (χ0n) is 11.5. The smallest absolute Gasteiger partial charge is 0.236 e. The minimum Gasteiger partial charge on any atom is -0.338 e. The van der Waals surface area contributed by atoms with Crippen LogP contribution in [0.3, 0.4) is 0 Å². The molecule has 106 valence electrons. The molecule has 0 saturated heterocycles. The van der Waals surface area contributed by atoms with E-state index in [1.165, 1.54) is 11.1 Å². The lowest BCUT2D eigenvalue weighted by Gasteiger charge is -2.35. The monoisotopic (exact) mass is 282 g/mol. The molecule has 0 spiro atoms. The number of nitrogens with two attached hydrogens (primary N) is 1. The second-order valence-corrected chi connectivity index (χ2v) is 4.96. The summed E-state index contributed by atoms with van der Waals surface area (Å²) in [5, 5.41) is 0. The zero-order valence-corrected chi connectivity index (χ0v) is 12.3. The molecule has 0 radical (unpaired) electrons. The predicted molar refractivity (Wildman–Crippen MR) is 80.6 cm³/mol. The third-order valence-corrected chi connectivity index (χ3v) is 3.72. The van der Waals surface area contributed by atoms with E-state index in [0.717, 1.165) is 32.2 Å². The van der Waals surface area contributed by atoms with Gasteiger partial charge in [-0.15, -0.1) is 12.4 Å². The van der Waals surface area contributed by atoms with Gasteiger partial charge in [0, 0.05) is 12.6 Å². The number of amides is 1. The van der Waals surface area contributed by atoms with E-state index in [9.17, 15) is 4.79 Å². The van der Waals surface area contributed by atoms with Crippen molar-refractivity contribution in [2.24, 2.45) is 5.73 Å². The summed E-state index contributed by atoms with van der Waals surface area (Å²) in [4.78, 5) is 13.9. The molecule has 2 N–H and O–H groups in total. The Balaban J connectivity index is 0.00000180. The fourth-order valence-corrected chi connectivity index (χ4v) is 2.81. The Kier molecular flexibility index (Phi) is 6.32. The molecule has 19 heavy (non-hydrogen) atoms. The van der Waals surface area contributed by atoms with Crippen LogP contribution >= 0.6 is 12.4 Å². The molecule has 1 aliphatic carbocycles. The maximum absolute atomic E-state index is 11.9. The summed E-state index contributed by atoms with van der Waals surface area (Å²) in [5.41, 5.74) is 8.34. The highest BCUT2D eigenvalue weighted by atomic mass is 35.5. The molecule has 1 atom stereocenters. The number of benzene rings is 1. The number of fused-ring (bicyclic) bond motifs is 1. The Hall–Kier alpha value is -1.06. The molecule has 1 aromatic rings. The van der Waals surface area contributed by atoms with Gasteiger partial charge in [0.1, 0.15) is 0 Å². The van der Waals surface area contributed by atoms with E-state index in [4.69, 9.17) is 5.73 Å². The van der Waals surface area contributed by atoms with Crippen LogP contribution in [0.25, 0.3) is 0 Å². The molecule has 1 unspecified atom stereocenters. The molecule has 2 rings (SSSR count). The SMILES string of the molecule is CCCN(C(=O)CN)C1CCc2ccccc2C1.Cl. The van der Waals surface area contributed by atoms with E-state index < -0.39 is 0 Å². The van der Waals surface area contributed by atoms with Gasteiger partial charge >= 0.3 is 0 Å². The molecule has 0 aliphatic heterocycles. The van der Waals surface area contributed by atoms with Gasteiger partial charge in [0.05, 0.1) is 6.54 Å². The molecule has 0 saturated carbocycles. The van der Waals surface area contributed by atoms with Crippen molar-refractivity contribution < 1.29 is 4.79 Å². The maximum Gasteiger partial charge on any atom is 0.236 e. The molecule has 1 aliphatic rings. The van der Waals surface area contributed by atoms with Crippen LogP contribution in [0.4, 0.5) is 0 Å². The summed E-state index contributed by atoms with van der Waals surface area (Å²) in [6, 6.07) is 8.87. The highest BCUT2D eigenvalue weighted by Gasteiger charge is 2.26. The maximum atomic E-state index is 11.9. The first-order chi connectivity index (χ1) is 8.76. The van der Waals surface area contributed by atoms with Crippen molar-refractivity contribution >= 4 is 18.3 Å². The van der Waals surface area contributed by atoms with Gasteiger partial charge in [-0.3, -0.25) is 4.79 Å². The first kappa shape index (κ1) is 16.0. The number of nitrogens with zero attached hydrogens (tertiary/aromatic N) is 1. The number of rotatable bonds is 4. The summed E-state index contributed by atoms with van der Waals surface area (Å²) < 4.78 is 0. The molecule has 1 aromatic carbocycles. The van der Waals surface area contributed by atoms with Crippen molar-refractivity contribution in [3.63, 3.8) is 0 Å². The molecule has 0 heterocycles. The summed E-state index contributed by atoms with van der Waals surface area (Å²) in [6.45, 7) is 3.05. The second kappa shape index (κ2) is 7.51. The number of aryl methyl sites for hydroxylation is 1. The topological polar surface area (TPSA) is 46.3 Å². The highest BCUT2D eigenvalue weighted by Crippen LogP contribution is 2.24. The second-order valence-electron chi connectivity index (χ2n) is 4.96. The van der Waals surface area contributed by atoms with Crippen molar-refractivity contribution in [1.82, 2.24) is 4.90 Å². The van der Waals surface area contributed by atoms with Crippen LogP contribution in [0, 0.1) is 0 Å². The number of hydrogen-bond donors (Lipinski definition) is 1. The van der Waals surface area contributed by atoms with Gasteiger partial charge in [-0.2, -0.15) is 0 Å². The van der Waals surface area contributed by atoms with Gasteiger partial charge in [0.2, 0.25) is 5.91 Å². The molecule has 3 nitrogen and oxygen atoms in total. The van der Waals surface area contributed by atoms with E-state index in [2.05, 4.69) is 31.2 Å². The largest absolute Gasteiger partial charge is 0.338 e. The number of carbonyl (C=O) groups is 1. The van der Waals surface area contributed by atoms with E-state index in [-0.39, 0.29) is 24.9 Å². The number of halogens is 1. The quantitative estimate of drug-likeness (QED) is 0.920. The van der Waals surface area contributed by atoms with Crippen LogP contribution in [-0.2, 0) is 17.6 Å². The third kappa shape index (κ3) is 3.71. The molecule has 0 fully saturated rings. The van der Waals surface area contributed by atoms with E-state index in [1.54, 1.807) is 0 Å². The van der Waals surface area contributed by atoms with Crippen molar-refractivity contribution in [3.05, 3.63) is 35.4 Å². The van der Waals surface area contributed by atoms with Crippen LogP contribution in [-0.4, -0.2) is 29.9 Å². The fraction of sp³-hybridized carbons (Fsp3) is 0.533. The van der Waals surface area contributed by atoms with Crippen molar-refractivity contribution in [2.45, 2.75) is 38.6 Å². The lowest BCUT2D eigenvalue weighted by molar-refractivity contribution is -0.132. The van der Waals surface area contributed by atoms with Crippen molar-refractivity contribution in [2.75, 3.05) is 13.1 Å². The van der Waals surface area contributed by atoms with Gasteiger partial charge in [-0.25, -0.2) is 0 Å². The third-order valence-electron chi connectivity index (χ3n) is 3.72. The average Bonchev–Trinajstić information content (AvgIpc) is 2.43. The Morgan fingerprint density at radius 2 is 2.05 bits per heavy atom. The molecular formula is C15H23ClN2O. The highest BCUT2D eigenvalue weighted by molar-refractivity contribution is 5.85. The average molecular weight is 283 g/mol. The lowest BCUT2D eigenvalue weighted by atomic mass is 9.87. The van der Waals surface area contributed by atoms with Gasteiger partial charge < -0.3 is 10.6 Å². The Labute approximate surface area is 121 Å². The summed E-state index contributed by atoms with van der Waals surface area (Å²) in [7, 11) is 0.